The number of nitrogens with zero attached hydrogens (tertiary/aromatic N) is 3. The lowest BCUT2D eigenvalue weighted by atomic mass is 10.0. The van der Waals surface area contributed by atoms with Crippen molar-refractivity contribution in [1.29, 1.82) is 0 Å². The average molecular weight is 346 g/mol. The van der Waals surface area contributed by atoms with Crippen molar-refractivity contribution in [3.8, 4) is 0 Å². The Hall–Kier alpha value is -1.59. The first-order chi connectivity index (χ1) is 12.1. The Kier molecular flexibility index (Phi) is 8.22. The second-order valence-corrected chi connectivity index (χ2v) is 7.27. The van der Waals surface area contributed by atoms with Gasteiger partial charge in [-0.15, -0.1) is 0 Å². The maximum absolute atomic E-state index is 4.38. The average Bonchev–Trinajstić information content (AvgIpc) is 2.62. The molecule has 5 heteroatoms. The standard InChI is InChI=1S/C20H35N5/c1-17(2)19(25-14-12-24(4)13-15-25)16-23-20(21-3)22-11-10-18-8-6-5-7-9-18/h5-9,17,19H,10-16H2,1-4H3,(H2,21,22,23). The number of piperazine rings is 1. The fourth-order valence-electron chi connectivity index (χ4n) is 3.33. The summed E-state index contributed by atoms with van der Waals surface area (Å²) < 4.78 is 0. The molecule has 1 fully saturated rings. The van der Waals surface area contributed by atoms with Crippen molar-refractivity contribution in [1.82, 2.24) is 20.4 Å². The normalized spacial score (nSPS) is 18.4. The molecule has 1 aromatic carbocycles. The fraction of sp³-hybridized carbons (Fsp3) is 0.650. The molecule has 1 unspecified atom stereocenters. The quantitative estimate of drug-likeness (QED) is 0.583. The molecule has 1 aliphatic rings. The van der Waals surface area contributed by atoms with Gasteiger partial charge in [0.1, 0.15) is 0 Å². The summed E-state index contributed by atoms with van der Waals surface area (Å²) in [5, 5.41) is 6.96. The van der Waals surface area contributed by atoms with Crippen LogP contribution in [0.4, 0.5) is 0 Å². The highest BCUT2D eigenvalue weighted by Crippen LogP contribution is 2.12. The lowest BCUT2D eigenvalue weighted by Crippen LogP contribution is -2.55. The molecule has 5 nitrogen and oxygen atoms in total. The highest BCUT2D eigenvalue weighted by Gasteiger charge is 2.24. The Morgan fingerprint density at radius 2 is 1.76 bits per heavy atom. The number of hydrogen-bond acceptors (Lipinski definition) is 3. The molecule has 0 bridgehead atoms. The molecular weight excluding hydrogens is 310 g/mol. The number of likely N-dealkylation sites (N-methyl/N-ethyl adjacent to an activating group) is 1. The Labute approximate surface area is 153 Å². The zero-order valence-electron chi connectivity index (χ0n) is 16.3. The number of benzene rings is 1. The lowest BCUT2D eigenvalue weighted by molar-refractivity contribution is 0.0900. The van der Waals surface area contributed by atoms with Gasteiger partial charge in [0.15, 0.2) is 5.96 Å². The largest absolute Gasteiger partial charge is 0.356 e. The molecule has 2 rings (SSSR count). The van der Waals surface area contributed by atoms with Crippen LogP contribution in [0.25, 0.3) is 0 Å². The van der Waals surface area contributed by atoms with Gasteiger partial charge >= 0.3 is 0 Å². The van der Waals surface area contributed by atoms with E-state index in [0.717, 1.165) is 51.6 Å². The van der Waals surface area contributed by atoms with E-state index in [4.69, 9.17) is 0 Å². The van der Waals surface area contributed by atoms with Crippen LogP contribution in [0.15, 0.2) is 35.3 Å². The molecule has 25 heavy (non-hydrogen) atoms. The summed E-state index contributed by atoms with van der Waals surface area (Å²) in [6.07, 6.45) is 1.01. The first-order valence-electron chi connectivity index (χ1n) is 9.51. The van der Waals surface area contributed by atoms with E-state index in [-0.39, 0.29) is 0 Å². The van der Waals surface area contributed by atoms with Crippen LogP contribution in [0.1, 0.15) is 19.4 Å². The summed E-state index contributed by atoms with van der Waals surface area (Å²) in [5.74, 6) is 1.52. The maximum atomic E-state index is 4.38. The molecule has 1 aromatic rings. The molecule has 0 amide bonds. The number of rotatable bonds is 7. The van der Waals surface area contributed by atoms with E-state index in [9.17, 15) is 0 Å². The Morgan fingerprint density at radius 3 is 2.36 bits per heavy atom. The third-order valence-corrected chi connectivity index (χ3v) is 5.03. The van der Waals surface area contributed by atoms with Crippen LogP contribution in [0.2, 0.25) is 0 Å². The van der Waals surface area contributed by atoms with Crippen molar-refractivity contribution < 1.29 is 0 Å². The molecule has 1 saturated heterocycles. The van der Waals surface area contributed by atoms with Gasteiger partial charge in [-0.2, -0.15) is 0 Å². The molecule has 0 aliphatic carbocycles. The predicted octanol–water partition coefficient (Wildman–Crippen LogP) is 1.67. The summed E-state index contributed by atoms with van der Waals surface area (Å²) in [5.41, 5.74) is 1.35. The summed E-state index contributed by atoms with van der Waals surface area (Å²) in [7, 11) is 4.05. The Bertz CT molecular complexity index is 506. The van der Waals surface area contributed by atoms with Crippen molar-refractivity contribution in [3.63, 3.8) is 0 Å². The second-order valence-electron chi connectivity index (χ2n) is 7.27. The molecule has 1 atom stereocenters. The Balaban J connectivity index is 1.77. The van der Waals surface area contributed by atoms with Gasteiger partial charge in [-0.05, 0) is 24.9 Å². The second kappa shape index (κ2) is 10.4. The third-order valence-electron chi connectivity index (χ3n) is 5.03. The molecule has 0 saturated carbocycles. The molecule has 1 heterocycles. The van der Waals surface area contributed by atoms with Crippen molar-refractivity contribution in [2.45, 2.75) is 26.3 Å². The van der Waals surface area contributed by atoms with Gasteiger partial charge in [-0.3, -0.25) is 9.89 Å². The van der Waals surface area contributed by atoms with E-state index in [2.05, 4.69) is 76.7 Å². The predicted molar refractivity (Wildman–Crippen MR) is 107 cm³/mol. The van der Waals surface area contributed by atoms with Crippen LogP contribution >= 0.6 is 0 Å². The monoisotopic (exact) mass is 345 g/mol. The first-order valence-corrected chi connectivity index (χ1v) is 9.51. The van der Waals surface area contributed by atoms with E-state index in [0.29, 0.717) is 12.0 Å². The Morgan fingerprint density at radius 1 is 1.08 bits per heavy atom. The van der Waals surface area contributed by atoms with E-state index in [1.54, 1.807) is 0 Å². The van der Waals surface area contributed by atoms with Crippen LogP contribution in [0, 0.1) is 5.92 Å². The molecule has 140 valence electrons. The van der Waals surface area contributed by atoms with Crippen LogP contribution in [0.3, 0.4) is 0 Å². The smallest absolute Gasteiger partial charge is 0.191 e. The van der Waals surface area contributed by atoms with Gasteiger partial charge in [0, 0.05) is 52.4 Å². The minimum atomic E-state index is 0.543. The number of hydrogen-bond donors (Lipinski definition) is 2. The zero-order chi connectivity index (χ0) is 18.1. The molecule has 2 N–H and O–H groups in total. The van der Waals surface area contributed by atoms with E-state index < -0.39 is 0 Å². The summed E-state index contributed by atoms with van der Waals surface area (Å²) in [4.78, 5) is 9.40. The number of nitrogens with one attached hydrogen (secondary N) is 2. The highest BCUT2D eigenvalue weighted by atomic mass is 15.3. The maximum Gasteiger partial charge on any atom is 0.191 e. The van der Waals surface area contributed by atoms with Gasteiger partial charge in [-0.25, -0.2) is 0 Å². The van der Waals surface area contributed by atoms with E-state index in [1.807, 2.05) is 7.05 Å². The topological polar surface area (TPSA) is 42.9 Å². The number of guanidine groups is 1. The summed E-state index contributed by atoms with van der Waals surface area (Å²) in [6, 6.07) is 11.1. The zero-order valence-corrected chi connectivity index (χ0v) is 16.3. The van der Waals surface area contributed by atoms with Crippen molar-refractivity contribution >= 4 is 5.96 Å². The first kappa shape index (κ1) is 19.7. The summed E-state index contributed by atoms with van der Waals surface area (Å²) >= 11 is 0. The minimum Gasteiger partial charge on any atom is -0.356 e. The lowest BCUT2D eigenvalue weighted by Gasteiger charge is -2.40. The van der Waals surface area contributed by atoms with Crippen LogP contribution in [0.5, 0.6) is 0 Å². The molecule has 0 spiro atoms. The molecular formula is C20H35N5. The highest BCUT2D eigenvalue weighted by molar-refractivity contribution is 5.79. The van der Waals surface area contributed by atoms with Crippen LogP contribution < -0.4 is 10.6 Å². The van der Waals surface area contributed by atoms with Crippen molar-refractivity contribution in [2.24, 2.45) is 10.9 Å². The van der Waals surface area contributed by atoms with Gasteiger partial charge in [0.05, 0.1) is 0 Å². The SMILES string of the molecule is CN=C(NCCc1ccccc1)NCC(C(C)C)N1CCN(C)CC1. The van der Waals surface area contributed by atoms with Crippen molar-refractivity contribution in [3.05, 3.63) is 35.9 Å². The minimum absolute atomic E-state index is 0.543. The fourth-order valence-corrected chi connectivity index (χ4v) is 3.33. The summed E-state index contributed by atoms with van der Waals surface area (Å²) in [6.45, 7) is 11.1. The van der Waals surface area contributed by atoms with Crippen LogP contribution in [-0.4, -0.2) is 75.2 Å². The van der Waals surface area contributed by atoms with Crippen molar-refractivity contribution in [2.75, 3.05) is 53.4 Å². The van der Waals surface area contributed by atoms with E-state index in [1.165, 1.54) is 5.56 Å². The van der Waals surface area contributed by atoms with Gasteiger partial charge in [0.2, 0.25) is 0 Å². The molecule has 1 aliphatic heterocycles. The third kappa shape index (κ3) is 6.67. The van der Waals surface area contributed by atoms with Gasteiger partial charge in [-0.1, -0.05) is 44.2 Å². The van der Waals surface area contributed by atoms with Gasteiger partial charge < -0.3 is 15.5 Å². The molecule has 0 aromatic heterocycles. The number of aliphatic imine (C=N–C) groups is 1. The van der Waals surface area contributed by atoms with Crippen LogP contribution in [-0.2, 0) is 6.42 Å². The van der Waals surface area contributed by atoms with E-state index >= 15 is 0 Å². The molecule has 0 radical (unpaired) electrons. The van der Waals surface area contributed by atoms with Gasteiger partial charge in [0.25, 0.3) is 0 Å².